The van der Waals surface area contributed by atoms with Crippen LogP contribution in [0.3, 0.4) is 0 Å². The summed E-state index contributed by atoms with van der Waals surface area (Å²) in [7, 11) is 0. The Bertz CT molecular complexity index is 411. The molecule has 1 aromatic rings. The van der Waals surface area contributed by atoms with Crippen molar-refractivity contribution in [1.82, 2.24) is 4.90 Å². The molecule has 0 spiro atoms. The average Bonchev–Trinajstić information content (AvgIpc) is 2.42. The summed E-state index contributed by atoms with van der Waals surface area (Å²) in [6.07, 6.45) is 1.95. The van der Waals surface area contributed by atoms with Crippen molar-refractivity contribution in [2.24, 2.45) is 11.1 Å². The number of nitrogens with two attached hydrogens (primary N) is 1. The number of nitrogens with zero attached hydrogens (tertiary/aromatic N) is 1. The highest BCUT2D eigenvalue weighted by molar-refractivity contribution is 5.67. The normalized spacial score (nSPS) is 19.2. The predicted octanol–water partition coefficient (Wildman–Crippen LogP) is 1.70. The molecule has 0 aliphatic carbocycles. The molecule has 4 heteroatoms. The lowest BCUT2D eigenvalue weighted by molar-refractivity contribution is -0.140. The van der Waals surface area contributed by atoms with Gasteiger partial charge in [-0.25, -0.2) is 0 Å². The number of carboxylic acid groups (broad SMARTS) is 1. The smallest absolute Gasteiger partial charge is 0.303 e. The SMILES string of the molecule is NCC1(CC(=O)O)CCN(Cc2ccccc2)CC1. The van der Waals surface area contributed by atoms with Gasteiger partial charge < -0.3 is 10.8 Å². The van der Waals surface area contributed by atoms with E-state index in [2.05, 4.69) is 17.0 Å². The fourth-order valence-electron chi connectivity index (χ4n) is 2.80. The van der Waals surface area contributed by atoms with E-state index < -0.39 is 5.97 Å². The van der Waals surface area contributed by atoms with Crippen molar-refractivity contribution >= 4 is 5.97 Å². The lowest BCUT2D eigenvalue weighted by Crippen LogP contribution is -2.44. The number of benzene rings is 1. The molecular formula is C15H22N2O2. The summed E-state index contributed by atoms with van der Waals surface area (Å²) in [4.78, 5) is 13.3. The van der Waals surface area contributed by atoms with Crippen LogP contribution in [0.2, 0.25) is 0 Å². The molecule has 1 saturated heterocycles. The zero-order valence-electron chi connectivity index (χ0n) is 11.2. The standard InChI is InChI=1S/C15H22N2O2/c16-12-15(10-14(18)19)6-8-17(9-7-15)11-13-4-2-1-3-5-13/h1-5H,6-12,16H2,(H,18,19). The van der Waals surface area contributed by atoms with Crippen molar-refractivity contribution in [3.63, 3.8) is 0 Å². The van der Waals surface area contributed by atoms with Crippen molar-refractivity contribution in [2.75, 3.05) is 19.6 Å². The van der Waals surface area contributed by atoms with E-state index in [1.165, 1.54) is 5.56 Å². The van der Waals surface area contributed by atoms with Gasteiger partial charge in [-0.15, -0.1) is 0 Å². The van der Waals surface area contributed by atoms with Crippen molar-refractivity contribution in [2.45, 2.75) is 25.8 Å². The van der Waals surface area contributed by atoms with Gasteiger partial charge in [-0.05, 0) is 43.5 Å². The van der Waals surface area contributed by atoms with Gasteiger partial charge in [0, 0.05) is 6.54 Å². The molecule has 2 rings (SSSR count). The highest BCUT2D eigenvalue weighted by atomic mass is 16.4. The molecule has 3 N–H and O–H groups in total. The minimum atomic E-state index is -0.734. The topological polar surface area (TPSA) is 66.6 Å². The molecular weight excluding hydrogens is 240 g/mol. The average molecular weight is 262 g/mol. The summed E-state index contributed by atoms with van der Waals surface area (Å²) in [6.45, 7) is 3.27. The van der Waals surface area contributed by atoms with E-state index in [-0.39, 0.29) is 11.8 Å². The van der Waals surface area contributed by atoms with Crippen LogP contribution in [0.15, 0.2) is 30.3 Å². The first kappa shape index (κ1) is 14.0. The third-order valence-corrected chi connectivity index (χ3v) is 4.12. The maximum atomic E-state index is 10.9. The van der Waals surface area contributed by atoms with Gasteiger partial charge in [-0.1, -0.05) is 30.3 Å². The fourth-order valence-corrected chi connectivity index (χ4v) is 2.80. The van der Waals surface area contributed by atoms with Gasteiger partial charge in [-0.3, -0.25) is 9.69 Å². The summed E-state index contributed by atoms with van der Waals surface area (Å²) in [6, 6.07) is 10.4. The van der Waals surface area contributed by atoms with Gasteiger partial charge >= 0.3 is 5.97 Å². The van der Waals surface area contributed by atoms with Crippen LogP contribution in [0.5, 0.6) is 0 Å². The number of rotatable bonds is 5. The van der Waals surface area contributed by atoms with Crippen LogP contribution in [0.25, 0.3) is 0 Å². The molecule has 1 heterocycles. The van der Waals surface area contributed by atoms with E-state index in [4.69, 9.17) is 10.8 Å². The lowest BCUT2D eigenvalue weighted by atomic mass is 9.75. The van der Waals surface area contributed by atoms with E-state index in [0.29, 0.717) is 6.54 Å². The number of hydrogen-bond donors (Lipinski definition) is 2. The van der Waals surface area contributed by atoms with Crippen molar-refractivity contribution in [1.29, 1.82) is 0 Å². The highest BCUT2D eigenvalue weighted by Crippen LogP contribution is 2.34. The highest BCUT2D eigenvalue weighted by Gasteiger charge is 2.35. The summed E-state index contributed by atoms with van der Waals surface area (Å²) in [5.41, 5.74) is 6.91. The predicted molar refractivity (Wildman–Crippen MR) is 74.7 cm³/mol. The Hall–Kier alpha value is -1.39. The molecule has 0 radical (unpaired) electrons. The van der Waals surface area contributed by atoms with Crippen LogP contribution < -0.4 is 5.73 Å². The second-order valence-electron chi connectivity index (χ2n) is 5.54. The van der Waals surface area contributed by atoms with E-state index in [0.717, 1.165) is 32.5 Å². The Morgan fingerprint density at radius 3 is 2.42 bits per heavy atom. The lowest BCUT2D eigenvalue weighted by Gasteiger charge is -2.40. The molecule has 0 bridgehead atoms. The van der Waals surface area contributed by atoms with Gasteiger partial charge in [-0.2, -0.15) is 0 Å². The number of piperidine rings is 1. The van der Waals surface area contributed by atoms with Crippen molar-refractivity contribution in [3.05, 3.63) is 35.9 Å². The maximum absolute atomic E-state index is 10.9. The molecule has 0 aromatic heterocycles. The van der Waals surface area contributed by atoms with Crippen molar-refractivity contribution in [3.8, 4) is 0 Å². The Balaban J connectivity index is 1.89. The summed E-state index contributed by atoms with van der Waals surface area (Å²) in [5.74, 6) is -0.734. The van der Waals surface area contributed by atoms with E-state index in [9.17, 15) is 4.79 Å². The van der Waals surface area contributed by atoms with Gasteiger partial charge in [0.2, 0.25) is 0 Å². The van der Waals surface area contributed by atoms with Gasteiger partial charge in [0.15, 0.2) is 0 Å². The van der Waals surface area contributed by atoms with Crippen LogP contribution in [0.1, 0.15) is 24.8 Å². The third kappa shape index (κ3) is 3.78. The number of aliphatic carboxylic acids is 1. The molecule has 0 saturated carbocycles. The Kier molecular flexibility index (Phi) is 4.56. The Morgan fingerprint density at radius 1 is 1.26 bits per heavy atom. The first-order chi connectivity index (χ1) is 9.13. The number of likely N-dealkylation sites (tertiary alicyclic amines) is 1. The molecule has 104 valence electrons. The van der Waals surface area contributed by atoms with Crippen molar-refractivity contribution < 1.29 is 9.90 Å². The fraction of sp³-hybridized carbons (Fsp3) is 0.533. The zero-order valence-corrected chi connectivity index (χ0v) is 11.2. The summed E-state index contributed by atoms with van der Waals surface area (Å²) < 4.78 is 0. The number of hydrogen-bond acceptors (Lipinski definition) is 3. The number of carboxylic acids is 1. The van der Waals surface area contributed by atoms with Crippen LogP contribution in [0.4, 0.5) is 0 Å². The van der Waals surface area contributed by atoms with Gasteiger partial charge in [0.1, 0.15) is 0 Å². The second kappa shape index (κ2) is 6.17. The van der Waals surface area contributed by atoms with Crippen LogP contribution in [0, 0.1) is 5.41 Å². The molecule has 1 aliphatic heterocycles. The van der Waals surface area contributed by atoms with Gasteiger partial charge in [0.05, 0.1) is 6.42 Å². The minimum absolute atomic E-state index is 0.195. The monoisotopic (exact) mass is 262 g/mol. The molecule has 4 nitrogen and oxygen atoms in total. The molecule has 19 heavy (non-hydrogen) atoms. The largest absolute Gasteiger partial charge is 0.481 e. The third-order valence-electron chi connectivity index (χ3n) is 4.12. The van der Waals surface area contributed by atoms with E-state index in [1.54, 1.807) is 0 Å². The summed E-state index contributed by atoms with van der Waals surface area (Å²) >= 11 is 0. The number of carbonyl (C=O) groups is 1. The quantitative estimate of drug-likeness (QED) is 0.847. The second-order valence-corrected chi connectivity index (χ2v) is 5.54. The molecule has 0 atom stereocenters. The first-order valence-corrected chi connectivity index (χ1v) is 6.82. The molecule has 0 amide bonds. The van der Waals surface area contributed by atoms with Crippen LogP contribution in [-0.4, -0.2) is 35.6 Å². The molecule has 1 fully saturated rings. The zero-order chi connectivity index (χ0) is 13.7. The van der Waals surface area contributed by atoms with E-state index >= 15 is 0 Å². The summed E-state index contributed by atoms with van der Waals surface area (Å²) in [5, 5.41) is 8.99. The van der Waals surface area contributed by atoms with E-state index in [1.807, 2.05) is 18.2 Å². The van der Waals surface area contributed by atoms with Gasteiger partial charge in [0.25, 0.3) is 0 Å². The molecule has 1 aromatic carbocycles. The first-order valence-electron chi connectivity index (χ1n) is 6.82. The maximum Gasteiger partial charge on any atom is 0.303 e. The minimum Gasteiger partial charge on any atom is -0.481 e. The Labute approximate surface area is 114 Å². The van der Waals surface area contributed by atoms with Crippen LogP contribution in [-0.2, 0) is 11.3 Å². The molecule has 0 unspecified atom stereocenters. The molecule has 1 aliphatic rings. The van der Waals surface area contributed by atoms with Crippen LogP contribution >= 0.6 is 0 Å². The Morgan fingerprint density at radius 2 is 1.89 bits per heavy atom.